The number of sulfonamides is 1. The quantitative estimate of drug-likeness (QED) is 0.718. The second-order valence-electron chi connectivity index (χ2n) is 5.45. The van der Waals surface area contributed by atoms with Crippen molar-refractivity contribution in [1.29, 1.82) is 0 Å². The molecule has 6 heteroatoms. The number of aliphatic hydroxyl groups excluding tert-OH is 1. The van der Waals surface area contributed by atoms with E-state index in [1.54, 1.807) is 4.31 Å². The average molecular weight is 262 g/mol. The summed E-state index contributed by atoms with van der Waals surface area (Å²) in [5.74, 6) is 0.377. The van der Waals surface area contributed by atoms with Gasteiger partial charge in [-0.15, -0.1) is 0 Å². The number of nitrogens with one attached hydrogen (secondary N) is 1. The molecule has 1 saturated carbocycles. The number of hydrogen-bond acceptors (Lipinski definition) is 4. The summed E-state index contributed by atoms with van der Waals surface area (Å²) in [6.07, 6.45) is 5.35. The molecule has 1 saturated heterocycles. The van der Waals surface area contributed by atoms with Gasteiger partial charge in [-0.05, 0) is 38.1 Å². The van der Waals surface area contributed by atoms with Crippen LogP contribution in [0.4, 0.5) is 0 Å². The molecule has 1 unspecified atom stereocenters. The molecule has 0 aromatic heterocycles. The van der Waals surface area contributed by atoms with Crippen molar-refractivity contribution in [3.63, 3.8) is 0 Å². The lowest BCUT2D eigenvalue weighted by Crippen LogP contribution is -2.45. The summed E-state index contributed by atoms with van der Waals surface area (Å²) in [5.41, 5.74) is -0.0482. The zero-order chi connectivity index (χ0) is 12.5. The van der Waals surface area contributed by atoms with E-state index in [-0.39, 0.29) is 12.1 Å². The molecule has 5 nitrogen and oxygen atoms in total. The van der Waals surface area contributed by atoms with Crippen LogP contribution in [0.25, 0.3) is 0 Å². The molecule has 1 aliphatic heterocycles. The predicted molar refractivity (Wildman–Crippen MR) is 66.2 cm³/mol. The van der Waals surface area contributed by atoms with E-state index in [4.69, 9.17) is 0 Å². The van der Waals surface area contributed by atoms with Crippen LogP contribution in [0, 0.1) is 5.92 Å². The van der Waals surface area contributed by atoms with Crippen LogP contribution < -0.4 is 5.32 Å². The van der Waals surface area contributed by atoms with E-state index in [9.17, 15) is 13.5 Å². The lowest BCUT2D eigenvalue weighted by Gasteiger charge is -2.32. The largest absolute Gasteiger partial charge is 0.394 e. The Morgan fingerprint density at radius 1 is 1.47 bits per heavy atom. The van der Waals surface area contributed by atoms with Crippen molar-refractivity contribution in [3.8, 4) is 0 Å². The lowest BCUT2D eigenvalue weighted by molar-refractivity contribution is 0.207. The highest BCUT2D eigenvalue weighted by Gasteiger charge is 2.42. The lowest BCUT2D eigenvalue weighted by atomic mass is 9.99. The molecule has 17 heavy (non-hydrogen) atoms. The molecule has 2 fully saturated rings. The zero-order valence-electron chi connectivity index (χ0n) is 10.4. The van der Waals surface area contributed by atoms with E-state index in [1.807, 2.05) is 0 Å². The summed E-state index contributed by atoms with van der Waals surface area (Å²) >= 11 is 0. The normalized spacial score (nSPS) is 29.2. The van der Waals surface area contributed by atoms with Crippen LogP contribution in [0.15, 0.2) is 0 Å². The fourth-order valence-electron chi connectivity index (χ4n) is 2.40. The molecule has 1 atom stereocenters. The molecule has 2 aliphatic rings. The van der Waals surface area contributed by atoms with Gasteiger partial charge in [-0.1, -0.05) is 0 Å². The Labute approximate surface area is 103 Å². The minimum atomic E-state index is -3.05. The summed E-state index contributed by atoms with van der Waals surface area (Å²) in [6.45, 7) is 2.27. The summed E-state index contributed by atoms with van der Waals surface area (Å²) in [7, 11) is -3.05. The van der Waals surface area contributed by atoms with Crippen LogP contribution >= 0.6 is 0 Å². The Morgan fingerprint density at radius 3 is 2.71 bits per heavy atom. The third-order valence-electron chi connectivity index (χ3n) is 3.87. The fourth-order valence-corrected chi connectivity index (χ4v) is 3.34. The fraction of sp³-hybridized carbons (Fsp3) is 1.00. The van der Waals surface area contributed by atoms with Gasteiger partial charge in [0.15, 0.2) is 0 Å². The number of rotatable bonds is 5. The van der Waals surface area contributed by atoms with Crippen molar-refractivity contribution in [2.24, 2.45) is 5.92 Å². The summed E-state index contributed by atoms with van der Waals surface area (Å²) in [4.78, 5) is 0. The second kappa shape index (κ2) is 4.84. The molecular weight excluding hydrogens is 240 g/mol. The number of aliphatic hydroxyl groups is 1. The van der Waals surface area contributed by atoms with Crippen LogP contribution in [-0.2, 0) is 10.0 Å². The topological polar surface area (TPSA) is 69.6 Å². The van der Waals surface area contributed by atoms with Crippen molar-refractivity contribution >= 4 is 10.0 Å². The molecule has 0 amide bonds. The minimum absolute atomic E-state index is 0.0482. The van der Waals surface area contributed by atoms with Crippen molar-refractivity contribution < 1.29 is 13.5 Å². The van der Waals surface area contributed by atoms with Crippen molar-refractivity contribution in [2.45, 2.75) is 31.2 Å². The Bertz CT molecular complexity index is 365. The molecule has 0 bridgehead atoms. The van der Waals surface area contributed by atoms with E-state index < -0.39 is 10.0 Å². The summed E-state index contributed by atoms with van der Waals surface area (Å²) in [6, 6.07) is 0. The molecule has 2 N–H and O–H groups in total. The van der Waals surface area contributed by atoms with Crippen LogP contribution in [0.2, 0.25) is 0 Å². The van der Waals surface area contributed by atoms with Crippen LogP contribution in [-0.4, -0.2) is 55.9 Å². The maximum atomic E-state index is 11.5. The van der Waals surface area contributed by atoms with Crippen molar-refractivity contribution in [2.75, 3.05) is 32.5 Å². The minimum Gasteiger partial charge on any atom is -0.394 e. The van der Waals surface area contributed by atoms with Gasteiger partial charge in [-0.3, -0.25) is 0 Å². The van der Waals surface area contributed by atoms with Crippen LogP contribution in [0.1, 0.15) is 25.7 Å². The molecule has 0 radical (unpaired) electrons. The van der Waals surface area contributed by atoms with E-state index in [0.29, 0.717) is 19.0 Å². The van der Waals surface area contributed by atoms with Gasteiger partial charge in [-0.25, -0.2) is 12.7 Å². The average Bonchev–Trinajstić information content (AvgIpc) is 3.06. The van der Waals surface area contributed by atoms with Gasteiger partial charge in [0.05, 0.1) is 12.9 Å². The molecule has 2 rings (SSSR count). The van der Waals surface area contributed by atoms with Crippen molar-refractivity contribution in [3.05, 3.63) is 0 Å². The Morgan fingerprint density at radius 2 is 2.18 bits per heavy atom. The van der Waals surface area contributed by atoms with Crippen LogP contribution in [0.5, 0.6) is 0 Å². The summed E-state index contributed by atoms with van der Waals surface area (Å²) in [5, 5.41) is 12.6. The number of hydrogen-bond donors (Lipinski definition) is 2. The van der Waals surface area contributed by atoms with Gasteiger partial charge in [0.1, 0.15) is 0 Å². The highest BCUT2D eigenvalue weighted by molar-refractivity contribution is 7.88. The Kier molecular flexibility index (Phi) is 3.77. The number of piperidine rings is 1. The maximum Gasteiger partial charge on any atom is 0.211 e. The number of nitrogens with zero attached hydrogens (tertiary/aromatic N) is 1. The van der Waals surface area contributed by atoms with Gasteiger partial charge in [0.2, 0.25) is 10.0 Å². The van der Waals surface area contributed by atoms with Gasteiger partial charge >= 0.3 is 0 Å². The Balaban J connectivity index is 1.82. The highest BCUT2D eigenvalue weighted by Crippen LogP contribution is 2.35. The third-order valence-corrected chi connectivity index (χ3v) is 5.14. The first-order valence-electron chi connectivity index (χ1n) is 6.26. The van der Waals surface area contributed by atoms with E-state index >= 15 is 0 Å². The standard InChI is InChI=1S/C11H22N2O3S/c1-17(15,16)13-6-2-3-10(8-13)7-12-11(9-14)4-5-11/h10,12,14H,2-9H2,1H3. The molecule has 1 heterocycles. The molecule has 0 spiro atoms. The zero-order valence-corrected chi connectivity index (χ0v) is 11.2. The van der Waals surface area contributed by atoms with Gasteiger partial charge in [0, 0.05) is 18.6 Å². The van der Waals surface area contributed by atoms with Gasteiger partial charge in [0.25, 0.3) is 0 Å². The SMILES string of the molecule is CS(=O)(=O)N1CCCC(CNC2(CO)CC2)C1. The molecule has 100 valence electrons. The predicted octanol–water partition coefficient (Wildman–Crippen LogP) is -0.227. The third kappa shape index (κ3) is 3.40. The second-order valence-corrected chi connectivity index (χ2v) is 7.43. The molecular formula is C11H22N2O3S. The first-order chi connectivity index (χ1) is 7.95. The van der Waals surface area contributed by atoms with E-state index in [2.05, 4.69) is 5.32 Å². The van der Waals surface area contributed by atoms with Gasteiger partial charge < -0.3 is 10.4 Å². The van der Waals surface area contributed by atoms with Crippen molar-refractivity contribution in [1.82, 2.24) is 9.62 Å². The van der Waals surface area contributed by atoms with Crippen LogP contribution in [0.3, 0.4) is 0 Å². The Hall–Kier alpha value is -0.170. The smallest absolute Gasteiger partial charge is 0.211 e. The maximum absolute atomic E-state index is 11.5. The monoisotopic (exact) mass is 262 g/mol. The molecule has 0 aromatic rings. The molecule has 0 aromatic carbocycles. The molecule has 1 aliphatic carbocycles. The first kappa shape index (κ1) is 13.3. The highest BCUT2D eigenvalue weighted by atomic mass is 32.2. The van der Waals surface area contributed by atoms with E-state index in [1.165, 1.54) is 6.26 Å². The van der Waals surface area contributed by atoms with E-state index in [0.717, 1.165) is 32.2 Å². The first-order valence-corrected chi connectivity index (χ1v) is 8.11. The van der Waals surface area contributed by atoms with Gasteiger partial charge in [-0.2, -0.15) is 0 Å². The summed E-state index contributed by atoms with van der Waals surface area (Å²) < 4.78 is 24.5.